The Morgan fingerprint density at radius 2 is 2.33 bits per heavy atom. The van der Waals surface area contributed by atoms with Gasteiger partial charge in [-0.15, -0.1) is 0 Å². The lowest BCUT2D eigenvalue weighted by molar-refractivity contribution is 1.56. The Hall–Kier alpha value is -0.303. The normalized spacial score (nSPS) is 8.00. The highest BCUT2D eigenvalue weighted by molar-refractivity contribution is 6.10. The van der Waals surface area contributed by atoms with Crippen LogP contribution in [0.3, 0.4) is 0 Å². The van der Waals surface area contributed by atoms with Crippen molar-refractivity contribution in [3.63, 3.8) is 0 Å². The van der Waals surface area contributed by atoms with Gasteiger partial charge in [-0.2, -0.15) is 0 Å². The highest BCUT2D eigenvalue weighted by Gasteiger charge is 1.72. The second kappa shape index (κ2) is 2.91. The van der Waals surface area contributed by atoms with Gasteiger partial charge in [0.25, 0.3) is 0 Å². The second-order valence-corrected chi connectivity index (χ2v) is 1.92. The van der Waals surface area contributed by atoms with Crippen LogP contribution in [0, 0.1) is 0 Å². The molecule has 1 heteroatoms. The maximum atomic E-state index is 3.71. The monoisotopic (exact) mass is 98.1 g/mol. The first-order valence-electron chi connectivity index (χ1n) is 2.11. The average Bonchev–Trinajstić information content (AvgIpc) is 1.65. The molecule has 0 unspecified atom stereocenters. The van der Waals surface area contributed by atoms with E-state index in [-0.39, 0.29) is 0 Å². The average molecular weight is 98.2 g/mol. The Bertz CT molecular complexity index is 64.3. The van der Waals surface area contributed by atoms with Gasteiger partial charge in [0.15, 0.2) is 0 Å². The molecule has 0 aromatic heterocycles. The summed E-state index contributed by atoms with van der Waals surface area (Å²) in [4.78, 5) is 0. The predicted octanol–water partition coefficient (Wildman–Crippen LogP) is 0.512. The molecule has 0 aliphatic heterocycles. The van der Waals surface area contributed by atoms with Crippen molar-refractivity contribution in [2.24, 2.45) is 0 Å². The van der Waals surface area contributed by atoms with Crippen molar-refractivity contribution >= 4 is 10.2 Å². The summed E-state index contributed by atoms with van der Waals surface area (Å²) in [5, 5.41) is 0. The van der Waals surface area contributed by atoms with E-state index < -0.39 is 0 Å². The van der Waals surface area contributed by atoms with Gasteiger partial charge in [0.05, 0.1) is 0 Å². The minimum Gasteiger partial charge on any atom is -0.0988 e. The fraction of sp³-hybridized carbons (Fsp3) is 0.200. The largest absolute Gasteiger partial charge is 0.0988 e. The molecule has 0 nitrogen and oxygen atoms in total. The van der Waals surface area contributed by atoms with Crippen LogP contribution in [0.15, 0.2) is 24.8 Å². The molecular weight excluding hydrogens is 88.1 g/mol. The van der Waals surface area contributed by atoms with Gasteiger partial charge in [-0.1, -0.05) is 24.8 Å². The van der Waals surface area contributed by atoms with Crippen molar-refractivity contribution in [3.8, 4) is 0 Å². The molecule has 0 atom stereocenters. The van der Waals surface area contributed by atoms with E-state index in [0.29, 0.717) is 0 Å². The molecule has 0 rings (SSSR count). The quantitative estimate of drug-likeness (QED) is 0.349. The molecule has 0 aromatic carbocycles. The molecule has 0 heterocycles. The van der Waals surface area contributed by atoms with Crippen LogP contribution in [-0.4, -0.2) is 10.2 Å². The summed E-state index contributed by atoms with van der Waals surface area (Å²) < 4.78 is 0. The molecule has 0 fully saturated rings. The molecule has 0 N–H and O–H groups in total. The first kappa shape index (κ1) is 5.70. The van der Waals surface area contributed by atoms with E-state index in [0.717, 1.165) is 6.04 Å². The number of allylic oxidation sites excluding steroid dienone is 2. The van der Waals surface area contributed by atoms with E-state index in [1.54, 1.807) is 0 Å². The summed E-state index contributed by atoms with van der Waals surface area (Å²) >= 11 is 0. The van der Waals surface area contributed by atoms with Gasteiger partial charge in [0.1, 0.15) is 0 Å². The molecule has 0 saturated carbocycles. The van der Waals surface area contributed by atoms with Crippen molar-refractivity contribution in [1.29, 1.82) is 0 Å². The fourth-order valence-corrected chi connectivity index (χ4v) is 0.433. The zero-order valence-corrected chi connectivity index (χ0v) is 6.20. The first-order valence-corrected chi connectivity index (χ1v) is 3.53. The molecular formula is C5H10Si. The third-order valence-electron chi connectivity index (χ3n) is 0.743. The van der Waals surface area contributed by atoms with E-state index in [4.69, 9.17) is 0 Å². The predicted molar refractivity (Wildman–Crippen MR) is 34.1 cm³/mol. The molecule has 0 aromatic rings. The van der Waals surface area contributed by atoms with Crippen LogP contribution in [-0.2, 0) is 0 Å². The van der Waals surface area contributed by atoms with Crippen molar-refractivity contribution in [1.82, 2.24) is 0 Å². The van der Waals surface area contributed by atoms with E-state index in [9.17, 15) is 0 Å². The first-order chi connectivity index (χ1) is 2.81. The van der Waals surface area contributed by atoms with Crippen molar-refractivity contribution in [2.45, 2.75) is 6.04 Å². The highest BCUT2D eigenvalue weighted by Crippen LogP contribution is 1.91. The molecule has 0 aliphatic carbocycles. The van der Waals surface area contributed by atoms with Crippen LogP contribution >= 0.6 is 0 Å². The van der Waals surface area contributed by atoms with E-state index in [1.807, 2.05) is 6.08 Å². The Morgan fingerprint density at radius 1 is 1.83 bits per heavy atom. The number of hydrogen-bond acceptors (Lipinski definition) is 0. The van der Waals surface area contributed by atoms with Gasteiger partial charge >= 0.3 is 0 Å². The molecule has 34 valence electrons. The number of hydrogen-bond donors (Lipinski definition) is 0. The van der Waals surface area contributed by atoms with Crippen LogP contribution < -0.4 is 0 Å². The summed E-state index contributed by atoms with van der Waals surface area (Å²) in [5.74, 6) is 0. The molecule has 0 bridgehead atoms. The molecule has 0 aliphatic rings. The lowest BCUT2D eigenvalue weighted by atomic mass is 10.4. The Morgan fingerprint density at radius 3 is 2.33 bits per heavy atom. The molecule has 0 saturated heterocycles. The summed E-state index contributed by atoms with van der Waals surface area (Å²) in [7, 11) is 1.21. The summed E-state index contributed by atoms with van der Waals surface area (Å²) in [6.07, 6.45) is 1.81. The van der Waals surface area contributed by atoms with Gasteiger partial charge in [-0.25, -0.2) is 0 Å². The smallest absolute Gasteiger partial charge is 0.00830 e. The summed E-state index contributed by atoms with van der Waals surface area (Å²) in [6.45, 7) is 7.26. The van der Waals surface area contributed by atoms with Gasteiger partial charge in [-0.3, -0.25) is 0 Å². The highest BCUT2D eigenvalue weighted by atomic mass is 28.1. The van der Waals surface area contributed by atoms with E-state index in [1.165, 1.54) is 15.8 Å². The van der Waals surface area contributed by atoms with Crippen LogP contribution in [0.5, 0.6) is 0 Å². The topological polar surface area (TPSA) is 0 Å². The zero-order chi connectivity index (χ0) is 4.99. The van der Waals surface area contributed by atoms with Crippen LogP contribution in [0.1, 0.15) is 0 Å². The SMILES string of the molecule is C=CC(=C)C[SiH3]. The van der Waals surface area contributed by atoms with Gasteiger partial charge in [0.2, 0.25) is 0 Å². The van der Waals surface area contributed by atoms with Crippen LogP contribution in [0.25, 0.3) is 0 Å². The standard InChI is InChI=1S/C5H10Si/c1-3-5(2)4-6/h3H,1-2,4H2,6H3. The maximum absolute atomic E-state index is 3.71. The third kappa shape index (κ3) is 1.97. The third-order valence-corrected chi connectivity index (χ3v) is 1.65. The zero-order valence-electron chi connectivity index (χ0n) is 4.20. The lowest BCUT2D eigenvalue weighted by Crippen LogP contribution is -1.67. The van der Waals surface area contributed by atoms with Crippen LogP contribution in [0.4, 0.5) is 0 Å². The Balaban J connectivity index is 3.23. The minimum absolute atomic E-state index is 1.16. The van der Waals surface area contributed by atoms with E-state index in [2.05, 4.69) is 13.2 Å². The summed E-state index contributed by atoms with van der Waals surface area (Å²) in [6, 6.07) is 1.16. The van der Waals surface area contributed by atoms with E-state index >= 15 is 0 Å². The van der Waals surface area contributed by atoms with Crippen molar-refractivity contribution < 1.29 is 0 Å². The summed E-state index contributed by atoms with van der Waals surface area (Å²) in [5.41, 5.74) is 1.17. The molecule has 0 amide bonds. The minimum atomic E-state index is 1.16. The second-order valence-electron chi connectivity index (χ2n) is 1.22. The van der Waals surface area contributed by atoms with Gasteiger partial charge in [-0.05, 0) is 6.04 Å². The number of rotatable bonds is 2. The molecule has 0 radical (unpaired) electrons. The lowest BCUT2D eigenvalue weighted by Gasteiger charge is -1.83. The molecule has 0 spiro atoms. The Kier molecular flexibility index (Phi) is 2.76. The van der Waals surface area contributed by atoms with Crippen molar-refractivity contribution in [3.05, 3.63) is 24.8 Å². The Labute approximate surface area is 42.0 Å². The maximum Gasteiger partial charge on any atom is 0.00830 e. The van der Waals surface area contributed by atoms with Gasteiger partial charge < -0.3 is 0 Å². The fourth-order valence-electron chi connectivity index (χ4n) is 0.144. The van der Waals surface area contributed by atoms with Crippen LogP contribution in [0.2, 0.25) is 6.04 Å². The van der Waals surface area contributed by atoms with Gasteiger partial charge in [0, 0.05) is 10.2 Å². The molecule has 6 heavy (non-hydrogen) atoms. The van der Waals surface area contributed by atoms with Crippen molar-refractivity contribution in [2.75, 3.05) is 0 Å².